The molecule has 0 aliphatic heterocycles. The Morgan fingerprint density at radius 3 is 1.86 bits per heavy atom. The molecule has 0 bridgehead atoms. The molecular formula is C29H33NO5S. The molecule has 0 aliphatic rings. The molecular weight excluding hydrogens is 474 g/mol. The smallest absolute Gasteiger partial charge is 0.407 e. The third-order valence-electron chi connectivity index (χ3n) is 5.59. The maximum absolute atomic E-state index is 13.3. The van der Waals surface area contributed by atoms with E-state index in [1.54, 1.807) is 7.11 Å². The molecule has 190 valence electrons. The Hall–Kier alpha value is -3.45. The van der Waals surface area contributed by atoms with Gasteiger partial charge in [0, 0.05) is 5.75 Å². The Bertz CT molecular complexity index is 1070. The zero-order valence-corrected chi connectivity index (χ0v) is 21.7. The van der Waals surface area contributed by atoms with Crippen LogP contribution in [0.2, 0.25) is 0 Å². The van der Waals surface area contributed by atoms with Gasteiger partial charge in [0.1, 0.15) is 24.2 Å². The van der Waals surface area contributed by atoms with E-state index in [1.807, 2.05) is 98.8 Å². The number of carbonyl (C=O) groups is 2. The summed E-state index contributed by atoms with van der Waals surface area (Å²) >= 11 is 1.44. The van der Waals surface area contributed by atoms with Crippen molar-refractivity contribution in [2.45, 2.75) is 44.1 Å². The van der Waals surface area contributed by atoms with Crippen molar-refractivity contribution in [1.29, 1.82) is 0 Å². The predicted molar refractivity (Wildman–Crippen MR) is 143 cm³/mol. The number of hydrogen-bond acceptors (Lipinski definition) is 6. The maximum atomic E-state index is 13.3. The molecule has 0 aliphatic carbocycles. The first kappa shape index (κ1) is 27.1. The molecule has 6 nitrogen and oxygen atoms in total. The van der Waals surface area contributed by atoms with Gasteiger partial charge < -0.3 is 19.5 Å². The van der Waals surface area contributed by atoms with Crippen LogP contribution in [-0.4, -0.2) is 30.5 Å². The summed E-state index contributed by atoms with van der Waals surface area (Å²) in [5, 5.41) is 2.29. The Morgan fingerprint density at radius 1 is 0.778 bits per heavy atom. The highest BCUT2D eigenvalue weighted by atomic mass is 32.2. The zero-order chi connectivity index (χ0) is 25.8. The number of alkyl carbamates (subject to hydrolysis) is 1. The van der Waals surface area contributed by atoms with E-state index in [0.717, 1.165) is 22.4 Å². The quantitative estimate of drug-likeness (QED) is 0.304. The molecule has 0 heterocycles. The molecule has 0 radical (unpaired) electrons. The standard InChI is InChI=1S/C29H33NO5S/c1-21(2)26(30-29(32)35-19-23-12-8-5-9-13-23)27(28(31)34-18-22-10-6-4-7-11-22)36-20-24-14-16-25(33-3)17-15-24/h4-17,21,26-27H,18-20H2,1-3H3,(H,30,32)/t26-,27-/m1/s1. The van der Waals surface area contributed by atoms with Gasteiger partial charge in [0.25, 0.3) is 0 Å². The van der Waals surface area contributed by atoms with Gasteiger partial charge in [0.05, 0.1) is 13.2 Å². The van der Waals surface area contributed by atoms with E-state index in [-0.39, 0.29) is 25.1 Å². The molecule has 0 unspecified atom stereocenters. The summed E-state index contributed by atoms with van der Waals surface area (Å²) in [7, 11) is 1.62. The third kappa shape index (κ3) is 8.64. The molecule has 3 aromatic carbocycles. The van der Waals surface area contributed by atoms with Gasteiger partial charge in [-0.05, 0) is 34.7 Å². The van der Waals surface area contributed by atoms with E-state index in [0.29, 0.717) is 5.75 Å². The lowest BCUT2D eigenvalue weighted by Gasteiger charge is -2.29. The highest BCUT2D eigenvalue weighted by Gasteiger charge is 2.34. The van der Waals surface area contributed by atoms with Crippen LogP contribution in [0, 0.1) is 5.92 Å². The van der Waals surface area contributed by atoms with E-state index in [9.17, 15) is 9.59 Å². The monoisotopic (exact) mass is 507 g/mol. The van der Waals surface area contributed by atoms with Crippen LogP contribution in [0.25, 0.3) is 0 Å². The molecule has 7 heteroatoms. The molecule has 1 N–H and O–H groups in total. The Labute approximate surface area is 217 Å². The Morgan fingerprint density at radius 2 is 1.33 bits per heavy atom. The number of nitrogens with one attached hydrogen (secondary N) is 1. The van der Waals surface area contributed by atoms with Gasteiger partial charge in [-0.15, -0.1) is 11.8 Å². The minimum Gasteiger partial charge on any atom is -0.497 e. The molecule has 0 saturated carbocycles. The van der Waals surface area contributed by atoms with Gasteiger partial charge in [-0.3, -0.25) is 4.79 Å². The fraction of sp³-hybridized carbons (Fsp3) is 0.310. The first-order valence-corrected chi connectivity index (χ1v) is 12.9. The Kier molecular flexibility index (Phi) is 10.7. The zero-order valence-electron chi connectivity index (χ0n) is 20.9. The summed E-state index contributed by atoms with van der Waals surface area (Å²) in [6, 6.07) is 26.2. The minimum atomic E-state index is -0.625. The van der Waals surface area contributed by atoms with Crippen molar-refractivity contribution in [2.24, 2.45) is 5.92 Å². The minimum absolute atomic E-state index is 0.0353. The van der Waals surface area contributed by atoms with Gasteiger partial charge in [0.2, 0.25) is 0 Å². The van der Waals surface area contributed by atoms with Crippen molar-refractivity contribution in [3.05, 3.63) is 102 Å². The number of carbonyl (C=O) groups excluding carboxylic acids is 2. The number of amides is 1. The number of ether oxygens (including phenoxy) is 3. The molecule has 0 spiro atoms. The maximum Gasteiger partial charge on any atom is 0.407 e. The second-order valence-corrected chi connectivity index (χ2v) is 9.78. The second-order valence-electron chi connectivity index (χ2n) is 8.65. The summed E-state index contributed by atoms with van der Waals surface area (Å²) in [6.07, 6.45) is -0.566. The van der Waals surface area contributed by atoms with Crippen LogP contribution in [0.15, 0.2) is 84.9 Å². The van der Waals surface area contributed by atoms with Crippen LogP contribution in [0.5, 0.6) is 5.75 Å². The van der Waals surface area contributed by atoms with Crippen LogP contribution in [0.3, 0.4) is 0 Å². The fourth-order valence-corrected chi connectivity index (χ4v) is 4.89. The van der Waals surface area contributed by atoms with Gasteiger partial charge in [-0.25, -0.2) is 4.79 Å². The van der Waals surface area contributed by atoms with Crippen molar-refractivity contribution in [2.75, 3.05) is 7.11 Å². The first-order chi connectivity index (χ1) is 17.5. The number of esters is 1. The van der Waals surface area contributed by atoms with Gasteiger partial charge >= 0.3 is 12.1 Å². The highest BCUT2D eigenvalue weighted by Crippen LogP contribution is 2.27. The molecule has 3 aromatic rings. The summed E-state index contributed by atoms with van der Waals surface area (Å²) in [5.41, 5.74) is 2.83. The molecule has 0 aromatic heterocycles. The normalized spacial score (nSPS) is 12.4. The average Bonchev–Trinajstić information content (AvgIpc) is 2.91. The Balaban J connectivity index is 1.70. The fourth-order valence-electron chi connectivity index (χ4n) is 3.53. The van der Waals surface area contributed by atoms with Crippen LogP contribution in [0.4, 0.5) is 4.79 Å². The molecule has 0 saturated heterocycles. The van der Waals surface area contributed by atoms with Crippen LogP contribution >= 0.6 is 11.8 Å². The summed E-state index contributed by atoms with van der Waals surface area (Å²) in [6.45, 7) is 4.25. The molecule has 2 atom stereocenters. The van der Waals surface area contributed by atoms with E-state index < -0.39 is 17.4 Å². The molecule has 3 rings (SSSR count). The predicted octanol–water partition coefficient (Wildman–Crippen LogP) is 5.99. The molecule has 0 fully saturated rings. The first-order valence-electron chi connectivity index (χ1n) is 11.9. The number of thioether (sulfide) groups is 1. The number of hydrogen-bond donors (Lipinski definition) is 1. The summed E-state index contributed by atoms with van der Waals surface area (Å²) in [4.78, 5) is 26.0. The molecule has 1 amide bonds. The summed E-state index contributed by atoms with van der Waals surface area (Å²) < 4.78 is 16.3. The van der Waals surface area contributed by atoms with Crippen LogP contribution in [-0.2, 0) is 33.2 Å². The van der Waals surface area contributed by atoms with Gasteiger partial charge in [0.15, 0.2) is 0 Å². The summed E-state index contributed by atoms with van der Waals surface area (Å²) in [5.74, 6) is 0.927. The largest absolute Gasteiger partial charge is 0.497 e. The average molecular weight is 508 g/mol. The second kappa shape index (κ2) is 14.2. The van der Waals surface area contributed by atoms with Crippen molar-refractivity contribution >= 4 is 23.8 Å². The van der Waals surface area contributed by atoms with Crippen LogP contribution < -0.4 is 10.1 Å². The van der Waals surface area contributed by atoms with Crippen molar-refractivity contribution in [3.8, 4) is 5.75 Å². The van der Waals surface area contributed by atoms with Gasteiger partial charge in [-0.2, -0.15) is 0 Å². The van der Waals surface area contributed by atoms with Crippen molar-refractivity contribution in [1.82, 2.24) is 5.32 Å². The number of methoxy groups -OCH3 is 1. The van der Waals surface area contributed by atoms with Crippen LogP contribution in [0.1, 0.15) is 30.5 Å². The SMILES string of the molecule is COc1ccc(CS[C@@H](C(=O)OCc2ccccc2)[C@H](NC(=O)OCc2ccccc2)C(C)C)cc1. The lowest BCUT2D eigenvalue weighted by Crippen LogP contribution is -2.49. The number of benzene rings is 3. The highest BCUT2D eigenvalue weighted by molar-refractivity contribution is 7.99. The topological polar surface area (TPSA) is 73.9 Å². The van der Waals surface area contributed by atoms with E-state index >= 15 is 0 Å². The van der Waals surface area contributed by atoms with Crippen molar-refractivity contribution in [3.63, 3.8) is 0 Å². The van der Waals surface area contributed by atoms with E-state index in [4.69, 9.17) is 14.2 Å². The van der Waals surface area contributed by atoms with E-state index in [1.165, 1.54) is 11.8 Å². The van der Waals surface area contributed by atoms with Gasteiger partial charge in [-0.1, -0.05) is 86.6 Å². The lowest BCUT2D eigenvalue weighted by molar-refractivity contribution is -0.145. The third-order valence-corrected chi connectivity index (χ3v) is 6.93. The lowest BCUT2D eigenvalue weighted by atomic mass is 10.0. The van der Waals surface area contributed by atoms with Crippen molar-refractivity contribution < 1.29 is 23.8 Å². The molecule has 36 heavy (non-hydrogen) atoms. The number of rotatable bonds is 12. The van der Waals surface area contributed by atoms with E-state index in [2.05, 4.69) is 5.32 Å².